The van der Waals surface area contributed by atoms with Crippen molar-refractivity contribution in [1.29, 1.82) is 0 Å². The van der Waals surface area contributed by atoms with E-state index < -0.39 is 4.92 Å². The normalized spacial score (nSPS) is 10.7. The van der Waals surface area contributed by atoms with Crippen LogP contribution in [-0.4, -0.2) is 15.0 Å². The first-order chi connectivity index (χ1) is 10.0. The Morgan fingerprint density at radius 2 is 2.10 bits per heavy atom. The van der Waals surface area contributed by atoms with E-state index in [0.29, 0.717) is 16.2 Å². The van der Waals surface area contributed by atoms with Crippen LogP contribution in [0.4, 0.5) is 17.4 Å². The van der Waals surface area contributed by atoms with Gasteiger partial charge in [-0.3, -0.25) is 10.1 Å². The summed E-state index contributed by atoms with van der Waals surface area (Å²) < 4.78 is 5.38. The number of anilines is 2. The number of aromatic hydroxyl groups is 1. The van der Waals surface area contributed by atoms with Crippen molar-refractivity contribution >= 4 is 40.1 Å². The van der Waals surface area contributed by atoms with Crippen LogP contribution in [-0.2, 0) is 0 Å². The second kappa shape index (κ2) is 4.95. The second-order valence-electron chi connectivity index (χ2n) is 4.21. The molecule has 0 amide bonds. The highest BCUT2D eigenvalue weighted by Crippen LogP contribution is 2.31. The van der Waals surface area contributed by atoms with Gasteiger partial charge in [0.25, 0.3) is 11.7 Å². The number of phenols is 1. The molecule has 8 heteroatoms. The van der Waals surface area contributed by atoms with Crippen molar-refractivity contribution in [3.05, 3.63) is 51.5 Å². The summed E-state index contributed by atoms with van der Waals surface area (Å²) >= 11 is 5.74. The van der Waals surface area contributed by atoms with E-state index in [4.69, 9.17) is 16.0 Å². The van der Waals surface area contributed by atoms with Crippen molar-refractivity contribution in [2.75, 3.05) is 5.32 Å². The molecule has 0 bridgehead atoms. The largest absolute Gasteiger partial charge is 0.506 e. The Labute approximate surface area is 122 Å². The minimum absolute atomic E-state index is 0.0595. The molecule has 0 saturated carbocycles. The van der Waals surface area contributed by atoms with E-state index in [1.54, 1.807) is 12.1 Å². The Hall–Kier alpha value is -2.80. The van der Waals surface area contributed by atoms with E-state index >= 15 is 0 Å². The lowest BCUT2D eigenvalue weighted by atomic mass is 10.3. The van der Waals surface area contributed by atoms with Gasteiger partial charge in [-0.15, -0.1) is 0 Å². The SMILES string of the molecule is O=[N+]([O-])c1ccc2nc(Nc3ccc(Cl)cc3O)oc2c1. The summed E-state index contributed by atoms with van der Waals surface area (Å²) in [5, 5.41) is 23.6. The zero-order valence-electron chi connectivity index (χ0n) is 10.4. The summed E-state index contributed by atoms with van der Waals surface area (Å²) in [5.41, 5.74) is 1.02. The minimum atomic E-state index is -0.514. The fourth-order valence-electron chi connectivity index (χ4n) is 1.81. The number of oxazole rings is 1. The highest BCUT2D eigenvalue weighted by molar-refractivity contribution is 6.30. The molecule has 2 N–H and O–H groups in total. The van der Waals surface area contributed by atoms with E-state index in [9.17, 15) is 15.2 Å². The molecular formula is C13H8ClN3O4. The van der Waals surface area contributed by atoms with Gasteiger partial charge in [0.2, 0.25) is 0 Å². The number of rotatable bonds is 3. The van der Waals surface area contributed by atoms with Crippen LogP contribution in [0.25, 0.3) is 11.1 Å². The number of fused-ring (bicyclic) bond motifs is 1. The summed E-state index contributed by atoms with van der Waals surface area (Å²) in [6.45, 7) is 0. The smallest absolute Gasteiger partial charge is 0.300 e. The first kappa shape index (κ1) is 13.2. The molecule has 106 valence electrons. The number of phenolic OH excluding ortho intramolecular Hbond substituents is 1. The summed E-state index contributed by atoms with van der Waals surface area (Å²) in [5.74, 6) is -0.0595. The van der Waals surface area contributed by atoms with Crippen LogP contribution >= 0.6 is 11.6 Å². The Morgan fingerprint density at radius 3 is 2.81 bits per heavy atom. The molecule has 1 heterocycles. The molecule has 3 rings (SSSR count). The molecule has 0 saturated heterocycles. The summed E-state index contributed by atoms with van der Waals surface area (Å²) in [6.07, 6.45) is 0. The number of aromatic nitrogens is 1. The number of nitrogens with one attached hydrogen (secondary N) is 1. The van der Waals surface area contributed by atoms with Gasteiger partial charge >= 0.3 is 0 Å². The third-order valence-corrected chi connectivity index (χ3v) is 3.02. The molecule has 0 radical (unpaired) electrons. The summed E-state index contributed by atoms with van der Waals surface area (Å²) in [7, 11) is 0. The van der Waals surface area contributed by atoms with E-state index in [1.807, 2.05) is 0 Å². The van der Waals surface area contributed by atoms with E-state index in [-0.39, 0.29) is 23.0 Å². The minimum Gasteiger partial charge on any atom is -0.506 e. The number of benzene rings is 2. The molecule has 0 atom stereocenters. The van der Waals surface area contributed by atoms with Gasteiger partial charge in [0.15, 0.2) is 5.58 Å². The lowest BCUT2D eigenvalue weighted by molar-refractivity contribution is -0.384. The molecule has 21 heavy (non-hydrogen) atoms. The van der Waals surface area contributed by atoms with Crippen molar-refractivity contribution in [3.63, 3.8) is 0 Å². The van der Waals surface area contributed by atoms with Crippen LogP contribution in [0.5, 0.6) is 5.75 Å². The molecule has 0 aliphatic heterocycles. The lowest BCUT2D eigenvalue weighted by Gasteiger charge is -2.04. The van der Waals surface area contributed by atoms with Crippen molar-refractivity contribution in [2.45, 2.75) is 0 Å². The van der Waals surface area contributed by atoms with Crippen molar-refractivity contribution in [3.8, 4) is 5.75 Å². The summed E-state index contributed by atoms with van der Waals surface area (Å²) in [4.78, 5) is 14.3. The number of nitrogens with zero attached hydrogens (tertiary/aromatic N) is 2. The Bertz CT molecular complexity index is 847. The predicted molar refractivity (Wildman–Crippen MR) is 77.1 cm³/mol. The highest BCUT2D eigenvalue weighted by atomic mass is 35.5. The van der Waals surface area contributed by atoms with Gasteiger partial charge in [-0.2, -0.15) is 4.98 Å². The molecule has 1 aromatic heterocycles. The molecule has 0 fully saturated rings. The molecule has 7 nitrogen and oxygen atoms in total. The molecule has 3 aromatic rings. The van der Waals surface area contributed by atoms with E-state index in [1.165, 1.54) is 24.3 Å². The number of non-ortho nitro benzene ring substituents is 1. The van der Waals surface area contributed by atoms with Crippen LogP contribution in [0.3, 0.4) is 0 Å². The standard InChI is InChI=1S/C13H8ClN3O4/c14-7-1-3-9(11(18)5-7)15-13-16-10-4-2-8(17(19)20)6-12(10)21-13/h1-6,18H,(H,15,16). The Morgan fingerprint density at radius 1 is 1.29 bits per heavy atom. The first-order valence-electron chi connectivity index (χ1n) is 5.83. The average Bonchev–Trinajstić information content (AvgIpc) is 2.83. The van der Waals surface area contributed by atoms with Gasteiger partial charge in [0, 0.05) is 17.2 Å². The third kappa shape index (κ3) is 2.59. The third-order valence-electron chi connectivity index (χ3n) is 2.78. The molecular weight excluding hydrogens is 298 g/mol. The number of nitro benzene ring substituents is 1. The van der Waals surface area contributed by atoms with Gasteiger partial charge < -0.3 is 14.8 Å². The molecule has 0 aliphatic carbocycles. The second-order valence-corrected chi connectivity index (χ2v) is 4.65. The van der Waals surface area contributed by atoms with Gasteiger partial charge in [0.1, 0.15) is 11.3 Å². The van der Waals surface area contributed by atoms with Crippen molar-refractivity contribution in [1.82, 2.24) is 4.98 Å². The van der Waals surface area contributed by atoms with Crippen LogP contribution in [0, 0.1) is 10.1 Å². The number of halogens is 1. The quantitative estimate of drug-likeness (QED) is 0.433. The summed E-state index contributed by atoms with van der Waals surface area (Å²) in [6, 6.07) is 8.76. The predicted octanol–water partition coefficient (Wildman–Crippen LogP) is 3.84. The lowest BCUT2D eigenvalue weighted by Crippen LogP contribution is -1.90. The van der Waals surface area contributed by atoms with Crippen LogP contribution in [0.1, 0.15) is 0 Å². The van der Waals surface area contributed by atoms with E-state index in [0.717, 1.165) is 0 Å². The highest BCUT2D eigenvalue weighted by Gasteiger charge is 2.12. The zero-order valence-corrected chi connectivity index (χ0v) is 11.2. The van der Waals surface area contributed by atoms with Crippen molar-refractivity contribution in [2.24, 2.45) is 0 Å². The first-order valence-corrected chi connectivity index (χ1v) is 6.21. The number of hydrogen-bond donors (Lipinski definition) is 2. The Balaban J connectivity index is 1.95. The van der Waals surface area contributed by atoms with Crippen LogP contribution in [0.2, 0.25) is 5.02 Å². The van der Waals surface area contributed by atoms with E-state index in [2.05, 4.69) is 10.3 Å². The maximum atomic E-state index is 10.7. The molecule has 0 unspecified atom stereocenters. The maximum absolute atomic E-state index is 10.7. The van der Waals surface area contributed by atoms with Gasteiger partial charge in [0.05, 0.1) is 16.7 Å². The zero-order chi connectivity index (χ0) is 15.0. The Kier molecular flexibility index (Phi) is 3.11. The van der Waals surface area contributed by atoms with Crippen molar-refractivity contribution < 1.29 is 14.4 Å². The van der Waals surface area contributed by atoms with Crippen LogP contribution in [0.15, 0.2) is 40.8 Å². The van der Waals surface area contributed by atoms with Gasteiger partial charge in [-0.1, -0.05) is 11.6 Å². The monoisotopic (exact) mass is 305 g/mol. The fourth-order valence-corrected chi connectivity index (χ4v) is 1.97. The molecule has 0 spiro atoms. The molecule has 2 aromatic carbocycles. The number of nitro groups is 1. The maximum Gasteiger partial charge on any atom is 0.300 e. The number of hydrogen-bond acceptors (Lipinski definition) is 6. The fraction of sp³-hybridized carbons (Fsp3) is 0. The van der Waals surface area contributed by atoms with Gasteiger partial charge in [-0.25, -0.2) is 0 Å². The molecule has 0 aliphatic rings. The van der Waals surface area contributed by atoms with Crippen LogP contribution < -0.4 is 5.32 Å². The average molecular weight is 306 g/mol. The van der Waals surface area contributed by atoms with Gasteiger partial charge in [-0.05, 0) is 18.2 Å². The topological polar surface area (TPSA) is 101 Å².